The van der Waals surface area contributed by atoms with Gasteiger partial charge >= 0.3 is 0 Å². The molecule has 1 aromatic carbocycles. The molecule has 0 radical (unpaired) electrons. The van der Waals surface area contributed by atoms with E-state index < -0.39 is 0 Å². The highest BCUT2D eigenvalue weighted by molar-refractivity contribution is 7.17. The minimum Gasteiger partial charge on any atom is -0.375 e. The van der Waals surface area contributed by atoms with E-state index in [0.717, 1.165) is 16.9 Å². The molecule has 3 N–H and O–H groups in total. The second kappa shape index (κ2) is 5.36. The van der Waals surface area contributed by atoms with E-state index in [1.165, 1.54) is 12.1 Å². The summed E-state index contributed by atoms with van der Waals surface area (Å²) in [5.74, 6) is -0.517. The molecule has 2 aromatic rings. The summed E-state index contributed by atoms with van der Waals surface area (Å²) in [6.45, 7) is 3.58. The Morgan fingerprint density at radius 3 is 2.58 bits per heavy atom. The molecule has 1 aromatic heterocycles. The summed E-state index contributed by atoms with van der Waals surface area (Å²) in [6.07, 6.45) is 0. The van der Waals surface area contributed by atoms with E-state index >= 15 is 0 Å². The molecule has 6 heteroatoms. The number of nitrogens with two attached hydrogens (primary N) is 1. The summed E-state index contributed by atoms with van der Waals surface area (Å²) >= 11 is 1.16. The second-order valence-electron chi connectivity index (χ2n) is 4.21. The molecular weight excluding hydrogens is 265 g/mol. The third kappa shape index (κ3) is 3.08. The van der Waals surface area contributed by atoms with Crippen molar-refractivity contribution in [3.63, 3.8) is 0 Å². The minimum absolute atomic E-state index is 0.212. The van der Waals surface area contributed by atoms with Crippen molar-refractivity contribution in [3.05, 3.63) is 46.2 Å². The van der Waals surface area contributed by atoms with E-state index in [2.05, 4.69) is 10.3 Å². The number of anilines is 1. The fourth-order valence-electron chi connectivity index (χ4n) is 1.72. The first-order valence-corrected chi connectivity index (χ1v) is 6.58. The van der Waals surface area contributed by atoms with Crippen LogP contribution in [0.1, 0.15) is 33.9 Å². The summed E-state index contributed by atoms with van der Waals surface area (Å²) < 4.78 is 12.8. The van der Waals surface area contributed by atoms with Crippen LogP contribution >= 0.6 is 11.3 Å². The number of aryl methyl sites for hydroxylation is 1. The summed E-state index contributed by atoms with van der Waals surface area (Å²) in [6, 6.07) is 5.82. The Balaban J connectivity index is 2.10. The van der Waals surface area contributed by atoms with Crippen molar-refractivity contribution in [2.45, 2.75) is 19.9 Å². The SMILES string of the molecule is Cc1nc(N)sc1C(=O)NC(C)c1ccc(F)cc1. The van der Waals surface area contributed by atoms with Gasteiger partial charge in [-0.1, -0.05) is 23.5 Å². The van der Waals surface area contributed by atoms with Crippen molar-refractivity contribution < 1.29 is 9.18 Å². The lowest BCUT2D eigenvalue weighted by Crippen LogP contribution is -2.26. The van der Waals surface area contributed by atoms with Gasteiger partial charge in [0.25, 0.3) is 5.91 Å². The zero-order valence-corrected chi connectivity index (χ0v) is 11.4. The van der Waals surface area contributed by atoms with Crippen molar-refractivity contribution in [1.29, 1.82) is 0 Å². The minimum atomic E-state index is -0.298. The van der Waals surface area contributed by atoms with E-state index in [0.29, 0.717) is 15.7 Å². The first-order chi connectivity index (χ1) is 8.97. The maximum Gasteiger partial charge on any atom is 0.263 e. The van der Waals surface area contributed by atoms with Crippen molar-refractivity contribution in [3.8, 4) is 0 Å². The van der Waals surface area contributed by atoms with Crippen LogP contribution in [-0.2, 0) is 0 Å². The van der Waals surface area contributed by atoms with Crippen LogP contribution in [0.2, 0.25) is 0 Å². The van der Waals surface area contributed by atoms with E-state index in [9.17, 15) is 9.18 Å². The molecule has 1 heterocycles. The zero-order chi connectivity index (χ0) is 14.0. The Morgan fingerprint density at radius 2 is 2.05 bits per heavy atom. The maximum atomic E-state index is 12.8. The number of aromatic nitrogens is 1. The molecule has 100 valence electrons. The number of rotatable bonds is 3. The molecule has 1 unspecified atom stereocenters. The van der Waals surface area contributed by atoms with Gasteiger partial charge < -0.3 is 11.1 Å². The highest BCUT2D eigenvalue weighted by atomic mass is 32.1. The Morgan fingerprint density at radius 1 is 1.42 bits per heavy atom. The van der Waals surface area contributed by atoms with Gasteiger partial charge in [0, 0.05) is 0 Å². The highest BCUT2D eigenvalue weighted by Gasteiger charge is 2.16. The van der Waals surface area contributed by atoms with E-state index in [-0.39, 0.29) is 17.8 Å². The Hall–Kier alpha value is -1.95. The molecule has 0 spiro atoms. The fraction of sp³-hybridized carbons (Fsp3) is 0.231. The number of hydrogen-bond donors (Lipinski definition) is 2. The van der Waals surface area contributed by atoms with Crippen molar-refractivity contribution in [1.82, 2.24) is 10.3 Å². The van der Waals surface area contributed by atoms with Crippen LogP contribution in [0.5, 0.6) is 0 Å². The third-order valence-electron chi connectivity index (χ3n) is 2.74. The van der Waals surface area contributed by atoms with Gasteiger partial charge in [-0.05, 0) is 31.5 Å². The first kappa shape index (κ1) is 13.5. The molecule has 19 heavy (non-hydrogen) atoms. The molecule has 0 aliphatic heterocycles. The lowest BCUT2D eigenvalue weighted by atomic mass is 10.1. The van der Waals surface area contributed by atoms with Crippen molar-refractivity contribution in [2.24, 2.45) is 0 Å². The predicted molar refractivity (Wildman–Crippen MR) is 73.5 cm³/mol. The van der Waals surface area contributed by atoms with Crippen LogP contribution in [0.4, 0.5) is 9.52 Å². The molecule has 0 aliphatic rings. The molecular formula is C13H14FN3OS. The largest absolute Gasteiger partial charge is 0.375 e. The number of benzene rings is 1. The molecule has 1 amide bonds. The van der Waals surface area contributed by atoms with Gasteiger partial charge in [0.15, 0.2) is 5.13 Å². The van der Waals surface area contributed by atoms with Crippen molar-refractivity contribution >= 4 is 22.4 Å². The summed E-state index contributed by atoms with van der Waals surface area (Å²) in [4.78, 5) is 16.6. The average Bonchev–Trinajstić information content (AvgIpc) is 2.69. The standard InChI is InChI=1S/C13H14FN3OS/c1-7(9-3-5-10(14)6-4-9)16-12(18)11-8(2)17-13(15)19-11/h3-7H,1-2H3,(H2,15,17)(H,16,18). The summed E-state index contributed by atoms with van der Waals surface area (Å²) in [5, 5.41) is 3.21. The first-order valence-electron chi connectivity index (χ1n) is 5.76. The van der Waals surface area contributed by atoms with E-state index in [4.69, 9.17) is 5.73 Å². The normalized spacial score (nSPS) is 12.2. The number of thiazole rings is 1. The number of carbonyl (C=O) groups excluding carboxylic acids is 1. The van der Waals surface area contributed by atoms with Gasteiger partial charge in [-0.3, -0.25) is 4.79 Å². The number of amides is 1. The summed E-state index contributed by atoms with van der Waals surface area (Å²) in [7, 11) is 0. The van der Waals surface area contributed by atoms with Gasteiger partial charge in [0.1, 0.15) is 10.7 Å². The van der Waals surface area contributed by atoms with Crippen LogP contribution in [0, 0.1) is 12.7 Å². The Kier molecular flexibility index (Phi) is 3.80. The van der Waals surface area contributed by atoms with Gasteiger partial charge in [-0.25, -0.2) is 9.37 Å². The smallest absolute Gasteiger partial charge is 0.263 e. The van der Waals surface area contributed by atoms with Crippen molar-refractivity contribution in [2.75, 3.05) is 5.73 Å². The van der Waals surface area contributed by atoms with E-state index in [1.54, 1.807) is 19.1 Å². The number of nitrogen functional groups attached to an aromatic ring is 1. The molecule has 0 saturated heterocycles. The highest BCUT2D eigenvalue weighted by Crippen LogP contribution is 2.21. The van der Waals surface area contributed by atoms with Crippen LogP contribution in [-0.4, -0.2) is 10.9 Å². The molecule has 4 nitrogen and oxygen atoms in total. The maximum absolute atomic E-state index is 12.8. The molecule has 1 atom stereocenters. The van der Waals surface area contributed by atoms with Gasteiger partial charge in [0.05, 0.1) is 11.7 Å². The number of carbonyl (C=O) groups is 1. The molecule has 0 saturated carbocycles. The van der Waals surface area contributed by atoms with Crippen LogP contribution < -0.4 is 11.1 Å². The Labute approximate surface area is 114 Å². The Bertz CT molecular complexity index is 594. The van der Waals surface area contributed by atoms with Gasteiger partial charge in [-0.15, -0.1) is 0 Å². The lowest BCUT2D eigenvalue weighted by molar-refractivity contribution is 0.0943. The van der Waals surface area contributed by atoms with Crippen LogP contribution in [0.3, 0.4) is 0 Å². The van der Waals surface area contributed by atoms with Gasteiger partial charge in [0.2, 0.25) is 0 Å². The molecule has 0 fully saturated rings. The number of nitrogens with zero attached hydrogens (tertiary/aromatic N) is 1. The molecule has 2 rings (SSSR count). The quantitative estimate of drug-likeness (QED) is 0.907. The van der Waals surface area contributed by atoms with Crippen LogP contribution in [0.15, 0.2) is 24.3 Å². The topological polar surface area (TPSA) is 68.0 Å². The predicted octanol–water partition coefficient (Wildman–Crippen LogP) is 2.66. The lowest BCUT2D eigenvalue weighted by Gasteiger charge is -2.13. The fourth-order valence-corrected chi connectivity index (χ4v) is 2.46. The summed E-state index contributed by atoms with van der Waals surface area (Å²) in [5.41, 5.74) is 7.02. The van der Waals surface area contributed by atoms with E-state index in [1.807, 2.05) is 6.92 Å². The third-order valence-corrected chi connectivity index (χ3v) is 3.72. The number of halogens is 1. The molecule has 0 bridgehead atoms. The second-order valence-corrected chi connectivity index (χ2v) is 5.24. The molecule has 0 aliphatic carbocycles. The van der Waals surface area contributed by atoms with Crippen LogP contribution in [0.25, 0.3) is 0 Å². The monoisotopic (exact) mass is 279 g/mol. The number of nitrogens with one attached hydrogen (secondary N) is 1. The number of hydrogen-bond acceptors (Lipinski definition) is 4. The zero-order valence-electron chi connectivity index (χ0n) is 10.6. The van der Waals surface area contributed by atoms with Gasteiger partial charge in [-0.2, -0.15) is 0 Å². The average molecular weight is 279 g/mol.